The van der Waals surface area contributed by atoms with Gasteiger partial charge in [-0.2, -0.15) is 0 Å². The molecule has 24 heavy (non-hydrogen) atoms. The Hall–Kier alpha value is -2.76. The Morgan fingerprint density at radius 2 is 1.92 bits per heavy atom. The number of nitrogens with two attached hydrogens (primary N) is 1. The molecule has 0 heterocycles. The minimum atomic E-state index is -0.664. The predicted octanol–water partition coefficient (Wildman–Crippen LogP) is 4.21. The highest BCUT2D eigenvalue weighted by molar-refractivity contribution is 5.90. The van der Waals surface area contributed by atoms with E-state index >= 15 is 0 Å². The third kappa shape index (κ3) is 4.16. The molecule has 0 saturated heterocycles. The van der Waals surface area contributed by atoms with E-state index < -0.39 is 11.9 Å². The molecule has 2 aromatic carbocycles. The standard InChI is InChI=1S/C18H22FN3O2/c1-4-24-18(23)22-14-9-12(3)17(15(19)16(14)20)21-10-13-7-5-11(2)6-8-13/h5-9,21H,4,10,20H2,1-3H3,(H,22,23). The average Bonchev–Trinajstić information content (AvgIpc) is 2.54. The molecule has 0 unspecified atom stereocenters. The Morgan fingerprint density at radius 3 is 2.54 bits per heavy atom. The number of benzene rings is 2. The van der Waals surface area contributed by atoms with Crippen LogP contribution < -0.4 is 16.4 Å². The van der Waals surface area contributed by atoms with Gasteiger partial charge in [0, 0.05) is 6.54 Å². The second-order valence-electron chi connectivity index (χ2n) is 5.53. The Labute approximate surface area is 141 Å². The van der Waals surface area contributed by atoms with Gasteiger partial charge in [-0.15, -0.1) is 0 Å². The predicted molar refractivity (Wildman–Crippen MR) is 94.7 cm³/mol. The molecular formula is C18H22FN3O2. The van der Waals surface area contributed by atoms with Crippen LogP contribution in [0.2, 0.25) is 0 Å². The topological polar surface area (TPSA) is 76.4 Å². The number of ether oxygens (including phenoxy) is 1. The summed E-state index contributed by atoms with van der Waals surface area (Å²) in [7, 11) is 0. The number of carbonyl (C=O) groups excluding carboxylic acids is 1. The van der Waals surface area contributed by atoms with Crippen LogP contribution in [0.15, 0.2) is 30.3 Å². The van der Waals surface area contributed by atoms with E-state index in [1.165, 1.54) is 5.56 Å². The van der Waals surface area contributed by atoms with E-state index in [-0.39, 0.29) is 18.0 Å². The van der Waals surface area contributed by atoms with Gasteiger partial charge in [-0.25, -0.2) is 9.18 Å². The monoisotopic (exact) mass is 331 g/mol. The van der Waals surface area contributed by atoms with Crippen molar-refractivity contribution < 1.29 is 13.9 Å². The maximum absolute atomic E-state index is 14.5. The largest absolute Gasteiger partial charge is 0.450 e. The summed E-state index contributed by atoms with van der Waals surface area (Å²) in [4.78, 5) is 11.5. The highest BCUT2D eigenvalue weighted by atomic mass is 19.1. The summed E-state index contributed by atoms with van der Waals surface area (Å²) in [6, 6.07) is 9.58. The zero-order chi connectivity index (χ0) is 17.7. The van der Waals surface area contributed by atoms with Gasteiger partial charge in [-0.3, -0.25) is 5.32 Å². The lowest BCUT2D eigenvalue weighted by molar-refractivity contribution is 0.168. The quantitative estimate of drug-likeness (QED) is 0.718. The van der Waals surface area contributed by atoms with Gasteiger partial charge in [0.2, 0.25) is 0 Å². The van der Waals surface area contributed by atoms with Crippen molar-refractivity contribution in [3.8, 4) is 0 Å². The molecule has 4 N–H and O–H groups in total. The summed E-state index contributed by atoms with van der Waals surface area (Å²) < 4.78 is 19.3. The lowest BCUT2D eigenvalue weighted by atomic mass is 10.1. The molecule has 128 valence electrons. The van der Waals surface area contributed by atoms with E-state index in [4.69, 9.17) is 10.5 Å². The zero-order valence-electron chi connectivity index (χ0n) is 14.1. The fourth-order valence-corrected chi connectivity index (χ4v) is 2.29. The van der Waals surface area contributed by atoms with Gasteiger partial charge in [0.25, 0.3) is 0 Å². The van der Waals surface area contributed by atoms with Crippen LogP contribution in [0.4, 0.5) is 26.2 Å². The normalized spacial score (nSPS) is 10.3. The van der Waals surface area contributed by atoms with Crippen LogP contribution in [0.25, 0.3) is 0 Å². The van der Waals surface area contributed by atoms with Crippen LogP contribution in [0.5, 0.6) is 0 Å². The fraction of sp³-hybridized carbons (Fsp3) is 0.278. The molecule has 2 aromatic rings. The van der Waals surface area contributed by atoms with E-state index in [1.807, 2.05) is 31.2 Å². The second-order valence-corrected chi connectivity index (χ2v) is 5.53. The zero-order valence-corrected chi connectivity index (χ0v) is 14.1. The number of carbonyl (C=O) groups is 1. The number of aryl methyl sites for hydroxylation is 2. The Kier molecular flexibility index (Phi) is 5.63. The number of rotatable bonds is 5. The van der Waals surface area contributed by atoms with Gasteiger partial charge >= 0.3 is 6.09 Å². The Bertz CT molecular complexity index is 730. The maximum atomic E-state index is 14.5. The molecule has 0 aliphatic rings. The second kappa shape index (κ2) is 7.68. The average molecular weight is 331 g/mol. The molecule has 0 aliphatic carbocycles. The minimum absolute atomic E-state index is 0.125. The van der Waals surface area contributed by atoms with Crippen molar-refractivity contribution >= 4 is 23.2 Å². The van der Waals surface area contributed by atoms with Crippen LogP contribution in [-0.4, -0.2) is 12.7 Å². The van der Waals surface area contributed by atoms with Crippen LogP contribution in [0.1, 0.15) is 23.6 Å². The molecular weight excluding hydrogens is 309 g/mol. The maximum Gasteiger partial charge on any atom is 0.411 e. The molecule has 0 aliphatic heterocycles. The number of hydrogen-bond donors (Lipinski definition) is 3. The number of hydrogen-bond acceptors (Lipinski definition) is 4. The van der Waals surface area contributed by atoms with Crippen molar-refractivity contribution in [3.63, 3.8) is 0 Å². The number of amides is 1. The summed E-state index contributed by atoms with van der Waals surface area (Å²) in [6.45, 7) is 6.14. The summed E-state index contributed by atoms with van der Waals surface area (Å²) in [5, 5.41) is 5.51. The van der Waals surface area contributed by atoms with Crippen molar-refractivity contribution in [1.29, 1.82) is 0 Å². The van der Waals surface area contributed by atoms with Crippen LogP contribution >= 0.6 is 0 Å². The molecule has 6 heteroatoms. The van der Waals surface area contributed by atoms with E-state index in [1.54, 1.807) is 19.9 Å². The van der Waals surface area contributed by atoms with Gasteiger partial charge in [0.05, 0.1) is 23.7 Å². The van der Waals surface area contributed by atoms with Crippen LogP contribution in [0, 0.1) is 19.7 Å². The van der Waals surface area contributed by atoms with Gasteiger partial charge in [-0.05, 0) is 38.0 Å². The minimum Gasteiger partial charge on any atom is -0.450 e. The number of anilines is 3. The Morgan fingerprint density at radius 1 is 1.25 bits per heavy atom. The summed E-state index contributed by atoms with van der Waals surface area (Å²) in [5.41, 5.74) is 9.04. The first-order valence-electron chi connectivity index (χ1n) is 7.74. The molecule has 0 atom stereocenters. The lowest BCUT2D eigenvalue weighted by Gasteiger charge is -2.16. The van der Waals surface area contributed by atoms with Crippen molar-refractivity contribution in [2.45, 2.75) is 27.3 Å². The fourth-order valence-electron chi connectivity index (χ4n) is 2.29. The molecule has 0 saturated carbocycles. The summed E-state index contributed by atoms with van der Waals surface area (Å²) >= 11 is 0. The molecule has 0 bridgehead atoms. The number of halogens is 1. The molecule has 0 fully saturated rings. The van der Waals surface area contributed by atoms with Crippen molar-refractivity contribution in [2.24, 2.45) is 0 Å². The molecule has 0 aromatic heterocycles. The molecule has 2 rings (SSSR count). The van der Waals surface area contributed by atoms with E-state index in [9.17, 15) is 9.18 Å². The first-order valence-corrected chi connectivity index (χ1v) is 7.74. The van der Waals surface area contributed by atoms with Crippen molar-refractivity contribution in [3.05, 3.63) is 52.8 Å². The van der Waals surface area contributed by atoms with Gasteiger partial charge < -0.3 is 15.8 Å². The van der Waals surface area contributed by atoms with E-state index in [0.29, 0.717) is 17.8 Å². The highest BCUT2D eigenvalue weighted by Crippen LogP contribution is 2.32. The summed E-state index contributed by atoms with van der Waals surface area (Å²) in [5.74, 6) is -0.589. The molecule has 0 spiro atoms. The third-order valence-electron chi connectivity index (χ3n) is 3.60. The van der Waals surface area contributed by atoms with E-state index in [0.717, 1.165) is 5.56 Å². The van der Waals surface area contributed by atoms with Gasteiger partial charge in [-0.1, -0.05) is 29.8 Å². The molecule has 0 radical (unpaired) electrons. The van der Waals surface area contributed by atoms with Gasteiger partial charge in [0.1, 0.15) is 0 Å². The number of nitrogen functional groups attached to an aromatic ring is 1. The first kappa shape index (κ1) is 17.6. The summed E-state index contributed by atoms with van der Waals surface area (Å²) in [6.07, 6.45) is -0.664. The van der Waals surface area contributed by atoms with Crippen molar-refractivity contribution in [1.82, 2.24) is 0 Å². The molecule has 5 nitrogen and oxygen atoms in total. The van der Waals surface area contributed by atoms with Crippen LogP contribution in [0.3, 0.4) is 0 Å². The SMILES string of the molecule is CCOC(=O)Nc1cc(C)c(NCc2ccc(C)cc2)c(F)c1N. The number of nitrogens with one attached hydrogen (secondary N) is 2. The Balaban J connectivity index is 2.17. The van der Waals surface area contributed by atoms with Crippen molar-refractivity contribution in [2.75, 3.05) is 23.0 Å². The van der Waals surface area contributed by atoms with Gasteiger partial charge in [0.15, 0.2) is 5.82 Å². The highest BCUT2D eigenvalue weighted by Gasteiger charge is 2.16. The smallest absolute Gasteiger partial charge is 0.411 e. The lowest BCUT2D eigenvalue weighted by Crippen LogP contribution is -2.16. The molecule has 1 amide bonds. The van der Waals surface area contributed by atoms with E-state index in [2.05, 4.69) is 10.6 Å². The first-order chi connectivity index (χ1) is 11.4. The third-order valence-corrected chi connectivity index (χ3v) is 3.60. The van der Waals surface area contributed by atoms with Crippen LogP contribution in [-0.2, 0) is 11.3 Å².